The van der Waals surface area contributed by atoms with Crippen LogP contribution < -0.4 is 11.1 Å². The molecule has 0 radical (unpaired) electrons. The van der Waals surface area contributed by atoms with Gasteiger partial charge in [-0.25, -0.2) is 0 Å². The van der Waals surface area contributed by atoms with Crippen molar-refractivity contribution >= 4 is 11.6 Å². The van der Waals surface area contributed by atoms with E-state index in [0.29, 0.717) is 12.1 Å². The molecule has 0 aliphatic heterocycles. The zero-order chi connectivity index (χ0) is 14.3. The highest BCUT2D eigenvalue weighted by Crippen LogP contribution is 2.06. The number of amides is 1. The average molecular weight is 267 g/mol. The highest BCUT2D eigenvalue weighted by Gasteiger charge is 2.11. The van der Waals surface area contributed by atoms with Crippen molar-refractivity contribution in [2.45, 2.75) is 39.8 Å². The molecule has 19 heavy (non-hydrogen) atoms. The van der Waals surface area contributed by atoms with Crippen LogP contribution in [0.4, 0.5) is 5.69 Å². The lowest BCUT2D eigenvalue weighted by molar-refractivity contribution is -0.117. The Balaban J connectivity index is 2.46. The van der Waals surface area contributed by atoms with E-state index in [0.717, 1.165) is 26.2 Å². The maximum absolute atomic E-state index is 11.6. The summed E-state index contributed by atoms with van der Waals surface area (Å²) in [6.07, 6.45) is 4.12. The molecule has 0 aliphatic rings. The van der Waals surface area contributed by atoms with E-state index in [1.807, 2.05) is 17.8 Å². The van der Waals surface area contributed by atoms with Crippen molar-refractivity contribution in [3.63, 3.8) is 0 Å². The first-order valence-corrected chi connectivity index (χ1v) is 6.91. The number of aromatic nitrogens is 2. The van der Waals surface area contributed by atoms with Gasteiger partial charge in [-0.1, -0.05) is 20.8 Å². The van der Waals surface area contributed by atoms with Crippen LogP contribution in [0.25, 0.3) is 0 Å². The van der Waals surface area contributed by atoms with E-state index in [1.165, 1.54) is 0 Å². The third-order valence-corrected chi connectivity index (χ3v) is 3.22. The Morgan fingerprint density at radius 1 is 1.47 bits per heavy atom. The number of rotatable bonds is 8. The number of nitrogens with two attached hydrogens (primary N) is 1. The van der Waals surface area contributed by atoms with Crippen molar-refractivity contribution in [3.05, 3.63) is 12.4 Å². The van der Waals surface area contributed by atoms with E-state index < -0.39 is 6.04 Å². The lowest BCUT2D eigenvalue weighted by atomic mass is 10.2. The van der Waals surface area contributed by atoms with Crippen LogP contribution >= 0.6 is 0 Å². The summed E-state index contributed by atoms with van der Waals surface area (Å²) in [6.45, 7) is 10.0. The normalized spacial score (nSPS) is 12.7. The number of likely N-dealkylation sites (N-methyl/N-ethyl adjacent to an activating group) is 1. The number of nitrogens with one attached hydrogen (secondary N) is 1. The third-order valence-electron chi connectivity index (χ3n) is 3.22. The second kappa shape index (κ2) is 7.91. The molecular weight excluding hydrogens is 242 g/mol. The van der Waals surface area contributed by atoms with Crippen molar-refractivity contribution in [3.8, 4) is 0 Å². The molecule has 1 amide bonds. The quantitative estimate of drug-likeness (QED) is 0.734. The molecule has 0 saturated carbocycles. The molecule has 0 fully saturated rings. The Morgan fingerprint density at radius 2 is 2.16 bits per heavy atom. The summed E-state index contributed by atoms with van der Waals surface area (Å²) in [5, 5.41) is 7.00. The predicted octanol–water partition coefficient (Wildman–Crippen LogP) is 0.901. The van der Waals surface area contributed by atoms with Crippen LogP contribution in [0.2, 0.25) is 0 Å². The molecule has 0 bridgehead atoms. The summed E-state index contributed by atoms with van der Waals surface area (Å²) in [5.74, 6) is -0.161. The smallest absolute Gasteiger partial charge is 0.241 e. The number of anilines is 1. The lowest BCUT2D eigenvalue weighted by Crippen LogP contribution is -2.34. The minimum Gasteiger partial charge on any atom is -0.322 e. The molecule has 1 aromatic rings. The van der Waals surface area contributed by atoms with E-state index in [4.69, 9.17) is 5.73 Å². The van der Waals surface area contributed by atoms with Gasteiger partial charge in [0.25, 0.3) is 0 Å². The van der Waals surface area contributed by atoms with Crippen LogP contribution in [0.1, 0.15) is 27.2 Å². The van der Waals surface area contributed by atoms with Gasteiger partial charge in [0.05, 0.1) is 24.5 Å². The molecule has 108 valence electrons. The zero-order valence-electron chi connectivity index (χ0n) is 12.1. The first kappa shape index (κ1) is 15.7. The molecule has 0 unspecified atom stereocenters. The standard InChI is InChI=1S/C13H25N5O/c1-4-12(14)13(19)16-11-9-15-18(10-11)8-7-17(5-2)6-3/h9-10,12H,4-8,14H2,1-3H3,(H,16,19)/t12-/m0/s1. The van der Waals surface area contributed by atoms with Crippen molar-refractivity contribution in [1.29, 1.82) is 0 Å². The van der Waals surface area contributed by atoms with E-state index in [-0.39, 0.29) is 5.91 Å². The highest BCUT2D eigenvalue weighted by molar-refractivity contribution is 5.94. The van der Waals surface area contributed by atoms with Gasteiger partial charge < -0.3 is 16.0 Å². The molecule has 0 aromatic carbocycles. The van der Waals surface area contributed by atoms with Crippen LogP contribution in [-0.4, -0.2) is 46.3 Å². The van der Waals surface area contributed by atoms with Crippen LogP contribution in [0, 0.1) is 0 Å². The molecule has 0 spiro atoms. The molecule has 0 aliphatic carbocycles. The van der Waals surface area contributed by atoms with Crippen molar-refractivity contribution in [1.82, 2.24) is 14.7 Å². The Morgan fingerprint density at radius 3 is 2.74 bits per heavy atom. The summed E-state index contributed by atoms with van der Waals surface area (Å²) >= 11 is 0. The predicted molar refractivity (Wildman–Crippen MR) is 76.9 cm³/mol. The topological polar surface area (TPSA) is 76.2 Å². The summed E-state index contributed by atoms with van der Waals surface area (Å²) in [5.41, 5.74) is 6.36. The second-order valence-electron chi connectivity index (χ2n) is 4.52. The van der Waals surface area contributed by atoms with Crippen molar-refractivity contribution in [2.75, 3.05) is 25.0 Å². The summed E-state index contributed by atoms with van der Waals surface area (Å²) < 4.78 is 1.84. The van der Waals surface area contributed by atoms with Gasteiger partial charge in [-0.05, 0) is 19.5 Å². The summed E-state index contributed by atoms with van der Waals surface area (Å²) in [6, 6.07) is -0.459. The molecule has 1 heterocycles. The minimum atomic E-state index is -0.459. The van der Waals surface area contributed by atoms with Crippen LogP contribution in [0.3, 0.4) is 0 Å². The monoisotopic (exact) mass is 267 g/mol. The van der Waals surface area contributed by atoms with E-state index in [9.17, 15) is 4.79 Å². The maximum atomic E-state index is 11.6. The first-order valence-electron chi connectivity index (χ1n) is 6.91. The fraction of sp³-hybridized carbons (Fsp3) is 0.692. The van der Waals surface area contributed by atoms with E-state index in [1.54, 1.807) is 6.20 Å². The Kier molecular flexibility index (Phi) is 6.52. The Hall–Kier alpha value is -1.40. The molecule has 1 aromatic heterocycles. The highest BCUT2D eigenvalue weighted by atomic mass is 16.2. The second-order valence-corrected chi connectivity index (χ2v) is 4.52. The minimum absolute atomic E-state index is 0.161. The number of nitrogens with zero attached hydrogens (tertiary/aromatic N) is 3. The van der Waals surface area contributed by atoms with Crippen LogP contribution in [0.5, 0.6) is 0 Å². The third kappa shape index (κ3) is 5.00. The van der Waals surface area contributed by atoms with Gasteiger partial charge in [0.1, 0.15) is 0 Å². The van der Waals surface area contributed by atoms with Gasteiger partial charge in [0.2, 0.25) is 5.91 Å². The number of carbonyl (C=O) groups excluding carboxylic acids is 1. The van der Waals surface area contributed by atoms with Gasteiger partial charge in [-0.3, -0.25) is 9.48 Å². The maximum Gasteiger partial charge on any atom is 0.241 e. The average Bonchev–Trinajstić information content (AvgIpc) is 2.86. The molecule has 1 rings (SSSR count). The SMILES string of the molecule is CC[C@H](N)C(=O)Nc1cnn(CCN(CC)CC)c1. The van der Waals surface area contributed by atoms with Gasteiger partial charge >= 0.3 is 0 Å². The van der Waals surface area contributed by atoms with Crippen LogP contribution in [-0.2, 0) is 11.3 Å². The zero-order valence-corrected chi connectivity index (χ0v) is 12.1. The van der Waals surface area contributed by atoms with Gasteiger partial charge in [-0.15, -0.1) is 0 Å². The fourth-order valence-electron chi connectivity index (χ4n) is 1.75. The molecule has 6 nitrogen and oxygen atoms in total. The molecule has 0 saturated heterocycles. The Labute approximate surface area is 114 Å². The summed E-state index contributed by atoms with van der Waals surface area (Å²) in [4.78, 5) is 14.0. The molecule has 1 atom stereocenters. The summed E-state index contributed by atoms with van der Waals surface area (Å²) in [7, 11) is 0. The molecular formula is C13H25N5O. The van der Waals surface area contributed by atoms with Crippen molar-refractivity contribution in [2.24, 2.45) is 5.73 Å². The Bertz CT molecular complexity index is 386. The van der Waals surface area contributed by atoms with Gasteiger partial charge in [0.15, 0.2) is 0 Å². The lowest BCUT2D eigenvalue weighted by Gasteiger charge is -2.17. The van der Waals surface area contributed by atoms with E-state index >= 15 is 0 Å². The fourth-order valence-corrected chi connectivity index (χ4v) is 1.75. The van der Waals surface area contributed by atoms with E-state index in [2.05, 4.69) is 29.2 Å². The number of hydrogen-bond donors (Lipinski definition) is 2. The number of carbonyl (C=O) groups is 1. The first-order chi connectivity index (χ1) is 9.10. The largest absolute Gasteiger partial charge is 0.322 e. The molecule has 3 N–H and O–H groups in total. The van der Waals surface area contributed by atoms with Crippen LogP contribution in [0.15, 0.2) is 12.4 Å². The van der Waals surface area contributed by atoms with Gasteiger partial charge in [0, 0.05) is 12.7 Å². The molecule has 6 heteroatoms. The van der Waals surface area contributed by atoms with Gasteiger partial charge in [-0.2, -0.15) is 5.10 Å². The van der Waals surface area contributed by atoms with Crippen molar-refractivity contribution < 1.29 is 4.79 Å². The number of hydrogen-bond acceptors (Lipinski definition) is 4.